The standard InChI is InChI=1S/C19H28F2N2/c1-7-14-10-15(8-2)18(21)19(12(14)4)23-11-16(9-3)17(20)13(5)22-6/h9-10,13,22-23H,3,7-8,11H2,1-2,4-6H3/b17-16-. The van der Waals surface area contributed by atoms with E-state index in [4.69, 9.17) is 0 Å². The number of rotatable bonds is 8. The molecule has 23 heavy (non-hydrogen) atoms. The van der Waals surface area contributed by atoms with E-state index in [1.54, 1.807) is 14.0 Å². The fourth-order valence-electron chi connectivity index (χ4n) is 2.54. The van der Waals surface area contributed by atoms with Crippen molar-refractivity contribution in [3.8, 4) is 0 Å². The van der Waals surface area contributed by atoms with E-state index >= 15 is 0 Å². The molecule has 0 aliphatic rings. The Morgan fingerprint density at radius 2 is 1.91 bits per heavy atom. The van der Waals surface area contributed by atoms with Gasteiger partial charge in [-0.2, -0.15) is 0 Å². The maximum atomic E-state index is 14.6. The van der Waals surface area contributed by atoms with Crippen molar-refractivity contribution < 1.29 is 8.78 Å². The van der Waals surface area contributed by atoms with Crippen LogP contribution in [-0.2, 0) is 12.8 Å². The van der Waals surface area contributed by atoms with Crippen LogP contribution in [0.5, 0.6) is 0 Å². The summed E-state index contributed by atoms with van der Waals surface area (Å²) in [5.41, 5.74) is 3.57. The second-order valence-electron chi connectivity index (χ2n) is 5.66. The first kappa shape index (κ1) is 19.4. The van der Waals surface area contributed by atoms with E-state index in [-0.39, 0.29) is 18.2 Å². The van der Waals surface area contributed by atoms with Crippen LogP contribution in [0.3, 0.4) is 0 Å². The molecule has 128 valence electrons. The highest BCUT2D eigenvalue weighted by Crippen LogP contribution is 2.28. The number of hydrogen-bond acceptors (Lipinski definition) is 2. The zero-order chi connectivity index (χ0) is 17.6. The Bertz CT molecular complexity index is 563. The fourth-order valence-corrected chi connectivity index (χ4v) is 2.54. The zero-order valence-corrected chi connectivity index (χ0v) is 14.8. The van der Waals surface area contributed by atoms with Gasteiger partial charge in [-0.3, -0.25) is 0 Å². The van der Waals surface area contributed by atoms with Crippen molar-refractivity contribution in [2.45, 2.75) is 46.6 Å². The molecule has 0 radical (unpaired) electrons. The van der Waals surface area contributed by atoms with Crippen LogP contribution < -0.4 is 10.6 Å². The Labute approximate surface area is 138 Å². The highest BCUT2D eigenvalue weighted by molar-refractivity contribution is 5.59. The van der Waals surface area contributed by atoms with Gasteiger partial charge in [-0.1, -0.05) is 32.6 Å². The quantitative estimate of drug-likeness (QED) is 0.679. The number of anilines is 1. The lowest BCUT2D eigenvalue weighted by Gasteiger charge is -2.18. The number of halogens is 2. The van der Waals surface area contributed by atoms with Crippen molar-refractivity contribution in [3.63, 3.8) is 0 Å². The van der Waals surface area contributed by atoms with Gasteiger partial charge in [-0.05, 0) is 50.4 Å². The van der Waals surface area contributed by atoms with Crippen LogP contribution in [0.1, 0.15) is 37.5 Å². The molecule has 0 aliphatic heterocycles. The largest absolute Gasteiger partial charge is 0.378 e. The van der Waals surface area contributed by atoms with Gasteiger partial charge in [0.25, 0.3) is 0 Å². The molecule has 0 fully saturated rings. The molecule has 0 aliphatic carbocycles. The third-order valence-corrected chi connectivity index (χ3v) is 4.29. The second kappa shape index (κ2) is 8.82. The zero-order valence-electron chi connectivity index (χ0n) is 14.8. The molecule has 1 aromatic rings. The van der Waals surface area contributed by atoms with Crippen molar-refractivity contribution in [2.75, 3.05) is 18.9 Å². The molecule has 1 unspecified atom stereocenters. The molecule has 1 atom stereocenters. The smallest absolute Gasteiger partial charge is 0.149 e. The summed E-state index contributed by atoms with van der Waals surface area (Å²) in [6.45, 7) is 11.5. The average Bonchev–Trinajstić information content (AvgIpc) is 2.57. The number of nitrogens with one attached hydrogen (secondary N) is 2. The van der Waals surface area contributed by atoms with Gasteiger partial charge >= 0.3 is 0 Å². The Morgan fingerprint density at radius 1 is 1.30 bits per heavy atom. The molecule has 1 aromatic carbocycles. The topological polar surface area (TPSA) is 24.1 Å². The van der Waals surface area contributed by atoms with E-state index in [2.05, 4.69) is 17.2 Å². The molecule has 0 bridgehead atoms. The van der Waals surface area contributed by atoms with Gasteiger partial charge in [0.05, 0.1) is 11.7 Å². The molecule has 0 heterocycles. The predicted molar refractivity (Wildman–Crippen MR) is 95.2 cm³/mol. The lowest BCUT2D eigenvalue weighted by atomic mass is 9.98. The molecular formula is C19H28F2N2. The first-order valence-electron chi connectivity index (χ1n) is 8.14. The van der Waals surface area contributed by atoms with Crippen LogP contribution >= 0.6 is 0 Å². The summed E-state index contributed by atoms with van der Waals surface area (Å²) in [5.74, 6) is -0.525. The van der Waals surface area contributed by atoms with Gasteiger partial charge in [0, 0.05) is 12.1 Å². The number of aryl methyl sites for hydroxylation is 2. The van der Waals surface area contributed by atoms with E-state index in [0.717, 1.165) is 17.5 Å². The molecule has 0 amide bonds. The maximum Gasteiger partial charge on any atom is 0.149 e. The summed E-state index contributed by atoms with van der Waals surface area (Å²) in [6, 6.07) is 1.52. The summed E-state index contributed by atoms with van der Waals surface area (Å²) in [4.78, 5) is 0. The number of likely N-dealkylation sites (N-methyl/N-ethyl adjacent to an activating group) is 1. The molecule has 0 saturated heterocycles. The van der Waals surface area contributed by atoms with E-state index in [1.165, 1.54) is 6.08 Å². The van der Waals surface area contributed by atoms with E-state index < -0.39 is 6.04 Å². The molecule has 0 spiro atoms. The Morgan fingerprint density at radius 3 is 2.39 bits per heavy atom. The van der Waals surface area contributed by atoms with E-state index in [1.807, 2.05) is 26.8 Å². The summed E-state index contributed by atoms with van der Waals surface area (Å²) in [6.07, 6.45) is 2.94. The van der Waals surface area contributed by atoms with Gasteiger partial charge < -0.3 is 10.6 Å². The Kier molecular flexibility index (Phi) is 7.43. The minimum absolute atomic E-state index is 0.204. The third-order valence-electron chi connectivity index (χ3n) is 4.29. The van der Waals surface area contributed by atoms with E-state index in [0.29, 0.717) is 23.2 Å². The molecular weight excluding hydrogens is 294 g/mol. The minimum atomic E-state index is -0.399. The van der Waals surface area contributed by atoms with Gasteiger partial charge in [-0.15, -0.1) is 0 Å². The van der Waals surface area contributed by atoms with Crippen molar-refractivity contribution in [1.82, 2.24) is 5.32 Å². The van der Waals surface area contributed by atoms with Crippen LogP contribution in [0.4, 0.5) is 14.5 Å². The molecule has 1 rings (SSSR count). The van der Waals surface area contributed by atoms with Gasteiger partial charge in [0.1, 0.15) is 11.6 Å². The molecule has 4 heteroatoms. The highest BCUT2D eigenvalue weighted by atomic mass is 19.1. The fraction of sp³-hybridized carbons (Fsp3) is 0.474. The van der Waals surface area contributed by atoms with Crippen LogP contribution in [0.25, 0.3) is 0 Å². The molecule has 2 N–H and O–H groups in total. The highest BCUT2D eigenvalue weighted by Gasteiger charge is 2.16. The van der Waals surface area contributed by atoms with Crippen LogP contribution in [0, 0.1) is 12.7 Å². The van der Waals surface area contributed by atoms with Gasteiger partial charge in [-0.25, -0.2) is 8.78 Å². The van der Waals surface area contributed by atoms with Crippen LogP contribution in [-0.4, -0.2) is 19.6 Å². The Hall–Kier alpha value is -1.68. The average molecular weight is 322 g/mol. The normalized spacial score (nSPS) is 13.5. The summed E-state index contributed by atoms with van der Waals surface area (Å²) in [5, 5.41) is 5.92. The first-order chi connectivity index (χ1) is 10.9. The third kappa shape index (κ3) is 4.41. The monoisotopic (exact) mass is 322 g/mol. The predicted octanol–water partition coefficient (Wildman–Crippen LogP) is 4.69. The maximum absolute atomic E-state index is 14.6. The minimum Gasteiger partial charge on any atom is -0.378 e. The van der Waals surface area contributed by atoms with Crippen LogP contribution in [0.2, 0.25) is 0 Å². The first-order valence-corrected chi connectivity index (χ1v) is 8.14. The lowest BCUT2D eigenvalue weighted by Crippen LogP contribution is -2.24. The van der Waals surface area contributed by atoms with Crippen molar-refractivity contribution in [3.05, 3.63) is 52.6 Å². The molecule has 0 aromatic heterocycles. The number of hydrogen-bond donors (Lipinski definition) is 2. The Balaban J connectivity index is 3.16. The van der Waals surface area contributed by atoms with Crippen molar-refractivity contribution >= 4 is 5.69 Å². The van der Waals surface area contributed by atoms with Crippen LogP contribution in [0.15, 0.2) is 30.1 Å². The SMILES string of the molecule is C=C/C(CNc1c(C)c(CC)cc(CC)c1F)=C(/F)C(C)NC. The summed E-state index contributed by atoms with van der Waals surface area (Å²) < 4.78 is 28.9. The molecule has 2 nitrogen and oxygen atoms in total. The van der Waals surface area contributed by atoms with Gasteiger partial charge in [0.15, 0.2) is 0 Å². The number of benzene rings is 1. The van der Waals surface area contributed by atoms with E-state index in [9.17, 15) is 8.78 Å². The second-order valence-corrected chi connectivity index (χ2v) is 5.66. The van der Waals surface area contributed by atoms with Crippen molar-refractivity contribution in [1.29, 1.82) is 0 Å². The van der Waals surface area contributed by atoms with Gasteiger partial charge in [0.2, 0.25) is 0 Å². The molecule has 0 saturated carbocycles. The van der Waals surface area contributed by atoms with Crippen molar-refractivity contribution in [2.24, 2.45) is 0 Å². The lowest BCUT2D eigenvalue weighted by molar-refractivity contribution is 0.507. The summed E-state index contributed by atoms with van der Waals surface area (Å²) in [7, 11) is 1.69. The summed E-state index contributed by atoms with van der Waals surface area (Å²) >= 11 is 0.